The van der Waals surface area contributed by atoms with Gasteiger partial charge in [0.15, 0.2) is 5.82 Å². The average molecular weight is 412 g/mol. The normalized spacial score (nSPS) is 16.9. The third-order valence-corrected chi connectivity index (χ3v) is 6.66. The van der Waals surface area contributed by atoms with Gasteiger partial charge in [0.25, 0.3) is 0 Å². The first-order valence-electron chi connectivity index (χ1n) is 10.9. The first-order valence-corrected chi connectivity index (χ1v) is 12.0. The zero-order valence-electron chi connectivity index (χ0n) is 17.8. The summed E-state index contributed by atoms with van der Waals surface area (Å²) < 4.78 is 0. The van der Waals surface area contributed by atoms with E-state index in [4.69, 9.17) is 9.97 Å². The molecule has 3 heterocycles. The molecule has 2 aliphatic rings. The van der Waals surface area contributed by atoms with Crippen molar-refractivity contribution < 1.29 is 0 Å². The summed E-state index contributed by atoms with van der Waals surface area (Å²) >= 11 is 1.99. The van der Waals surface area contributed by atoms with Crippen molar-refractivity contribution in [3.63, 3.8) is 0 Å². The maximum atomic E-state index is 4.96. The molecule has 1 N–H and O–H groups in total. The average Bonchev–Trinajstić information content (AvgIpc) is 3.24. The number of anilines is 1. The van der Waals surface area contributed by atoms with Crippen molar-refractivity contribution in [1.82, 2.24) is 19.8 Å². The van der Waals surface area contributed by atoms with Crippen LogP contribution in [0.15, 0.2) is 24.3 Å². The second kappa shape index (κ2) is 9.92. The predicted octanol–water partition coefficient (Wildman–Crippen LogP) is 3.89. The quantitative estimate of drug-likeness (QED) is 0.665. The molecule has 0 unspecified atom stereocenters. The molecule has 0 aliphatic carbocycles. The van der Waals surface area contributed by atoms with Gasteiger partial charge in [0.2, 0.25) is 0 Å². The molecule has 2 aromatic rings. The molecule has 4 rings (SSSR count). The van der Waals surface area contributed by atoms with Gasteiger partial charge in [-0.3, -0.25) is 0 Å². The fraction of sp³-hybridized carbons (Fsp3) is 0.565. The Morgan fingerprint density at radius 1 is 1.10 bits per heavy atom. The Morgan fingerprint density at radius 3 is 2.66 bits per heavy atom. The van der Waals surface area contributed by atoms with Gasteiger partial charge in [-0.15, -0.1) is 0 Å². The van der Waals surface area contributed by atoms with Crippen LogP contribution in [0.3, 0.4) is 0 Å². The van der Waals surface area contributed by atoms with Crippen LogP contribution in [-0.2, 0) is 18.7 Å². The summed E-state index contributed by atoms with van der Waals surface area (Å²) in [6.45, 7) is 5.66. The minimum Gasteiger partial charge on any atom is -0.370 e. The van der Waals surface area contributed by atoms with Crippen molar-refractivity contribution in [2.24, 2.45) is 0 Å². The molecule has 5 nitrogen and oxygen atoms in total. The smallest absolute Gasteiger partial charge is 0.161 e. The summed E-state index contributed by atoms with van der Waals surface area (Å²) in [5.41, 5.74) is 4.96. The van der Waals surface area contributed by atoms with E-state index in [0.717, 1.165) is 48.2 Å². The highest BCUT2D eigenvalue weighted by molar-refractivity contribution is 7.98. The van der Waals surface area contributed by atoms with E-state index in [0.29, 0.717) is 0 Å². The van der Waals surface area contributed by atoms with E-state index < -0.39 is 0 Å². The van der Waals surface area contributed by atoms with Crippen LogP contribution in [0.2, 0.25) is 0 Å². The van der Waals surface area contributed by atoms with Gasteiger partial charge in [0.1, 0.15) is 5.82 Å². The number of nitrogens with one attached hydrogen (secondary N) is 1. The number of nitrogens with zero attached hydrogens (tertiary/aromatic N) is 4. The SMILES string of the molecule is CN(C)Cc1ccc(-c2nc3c(c(NCCCN4CCCC4)n2)CSCC3)cc1. The molecule has 0 radical (unpaired) electrons. The number of likely N-dealkylation sites (tertiary alicyclic amines) is 1. The van der Waals surface area contributed by atoms with E-state index in [-0.39, 0.29) is 0 Å². The van der Waals surface area contributed by atoms with Gasteiger partial charge in [0, 0.05) is 30.0 Å². The van der Waals surface area contributed by atoms with E-state index >= 15 is 0 Å². The minimum absolute atomic E-state index is 0.856. The highest BCUT2D eigenvalue weighted by Gasteiger charge is 2.19. The lowest BCUT2D eigenvalue weighted by molar-refractivity contribution is 0.337. The topological polar surface area (TPSA) is 44.3 Å². The number of benzene rings is 1. The molecule has 6 heteroatoms. The molecular formula is C23H33N5S. The molecule has 29 heavy (non-hydrogen) atoms. The van der Waals surface area contributed by atoms with Gasteiger partial charge in [-0.05, 0) is 70.7 Å². The number of fused-ring (bicyclic) bond motifs is 1. The maximum Gasteiger partial charge on any atom is 0.161 e. The third-order valence-electron chi connectivity index (χ3n) is 5.68. The van der Waals surface area contributed by atoms with Crippen LogP contribution < -0.4 is 5.32 Å². The molecule has 0 bridgehead atoms. The number of aromatic nitrogens is 2. The van der Waals surface area contributed by atoms with Crippen molar-refractivity contribution in [3.05, 3.63) is 41.1 Å². The molecule has 1 fully saturated rings. The van der Waals surface area contributed by atoms with Gasteiger partial charge in [0.05, 0.1) is 5.69 Å². The van der Waals surface area contributed by atoms with Crippen molar-refractivity contribution in [2.75, 3.05) is 51.3 Å². The maximum absolute atomic E-state index is 4.96. The fourth-order valence-corrected chi connectivity index (χ4v) is 5.14. The lowest BCUT2D eigenvalue weighted by Gasteiger charge is -2.20. The van der Waals surface area contributed by atoms with E-state index in [1.54, 1.807) is 0 Å². The summed E-state index contributed by atoms with van der Waals surface area (Å²) in [5.74, 6) is 4.08. The van der Waals surface area contributed by atoms with Crippen molar-refractivity contribution in [3.8, 4) is 11.4 Å². The third kappa shape index (κ3) is 5.50. The standard InChI is InChI=1S/C23H33N5S/c1-27(2)16-18-6-8-19(9-7-18)22-25-21-10-15-29-17-20(21)23(26-22)24-11-5-14-28-12-3-4-13-28/h6-9H,3-5,10-17H2,1-2H3,(H,24,25,26). The molecule has 1 aromatic heterocycles. The van der Waals surface area contributed by atoms with Crippen molar-refractivity contribution in [1.29, 1.82) is 0 Å². The molecule has 0 saturated carbocycles. The molecule has 1 saturated heterocycles. The zero-order chi connectivity index (χ0) is 20.1. The summed E-state index contributed by atoms with van der Waals surface area (Å²) in [7, 11) is 4.19. The number of thioether (sulfide) groups is 1. The van der Waals surface area contributed by atoms with Gasteiger partial charge in [-0.1, -0.05) is 24.3 Å². The molecule has 1 aromatic carbocycles. The highest BCUT2D eigenvalue weighted by Crippen LogP contribution is 2.30. The Hall–Kier alpha value is -1.63. The lowest BCUT2D eigenvalue weighted by atomic mass is 10.1. The van der Waals surface area contributed by atoms with Crippen LogP contribution in [0.1, 0.15) is 36.1 Å². The van der Waals surface area contributed by atoms with Crippen LogP contribution in [0.4, 0.5) is 5.82 Å². The summed E-state index contributed by atoms with van der Waals surface area (Å²) in [4.78, 5) is 14.7. The summed E-state index contributed by atoms with van der Waals surface area (Å²) in [6, 6.07) is 8.71. The number of hydrogen-bond donors (Lipinski definition) is 1. The van der Waals surface area contributed by atoms with Gasteiger partial charge in [-0.2, -0.15) is 11.8 Å². The first kappa shape index (κ1) is 20.6. The van der Waals surface area contributed by atoms with Gasteiger partial charge in [-0.25, -0.2) is 9.97 Å². The van der Waals surface area contributed by atoms with Crippen LogP contribution >= 0.6 is 11.8 Å². The molecule has 156 valence electrons. The summed E-state index contributed by atoms with van der Waals surface area (Å²) in [6.07, 6.45) is 4.93. The zero-order valence-corrected chi connectivity index (χ0v) is 18.6. The van der Waals surface area contributed by atoms with Crippen LogP contribution in [0.25, 0.3) is 11.4 Å². The number of hydrogen-bond acceptors (Lipinski definition) is 6. The second-order valence-electron chi connectivity index (χ2n) is 8.39. The van der Waals surface area contributed by atoms with Gasteiger partial charge < -0.3 is 15.1 Å². The monoisotopic (exact) mass is 411 g/mol. The van der Waals surface area contributed by atoms with Crippen LogP contribution in [-0.4, -0.2) is 65.8 Å². The van der Waals surface area contributed by atoms with E-state index in [1.165, 1.54) is 55.7 Å². The largest absolute Gasteiger partial charge is 0.370 e. The van der Waals surface area contributed by atoms with Gasteiger partial charge >= 0.3 is 0 Å². The Labute approximate surface area is 179 Å². The number of aryl methyl sites for hydroxylation is 1. The van der Waals surface area contributed by atoms with Crippen molar-refractivity contribution >= 4 is 17.6 Å². The molecule has 0 amide bonds. The Bertz CT molecular complexity index is 800. The molecule has 0 spiro atoms. The Balaban J connectivity index is 1.48. The van der Waals surface area contributed by atoms with E-state index in [2.05, 4.69) is 53.5 Å². The lowest BCUT2D eigenvalue weighted by Crippen LogP contribution is -2.23. The number of rotatable bonds is 8. The van der Waals surface area contributed by atoms with Crippen molar-refractivity contribution in [2.45, 2.75) is 38.0 Å². The van der Waals surface area contributed by atoms with Crippen LogP contribution in [0.5, 0.6) is 0 Å². The van der Waals surface area contributed by atoms with E-state index in [1.807, 2.05) is 11.8 Å². The van der Waals surface area contributed by atoms with Crippen LogP contribution in [0, 0.1) is 0 Å². The van der Waals surface area contributed by atoms with E-state index in [9.17, 15) is 0 Å². The second-order valence-corrected chi connectivity index (χ2v) is 9.49. The predicted molar refractivity (Wildman–Crippen MR) is 124 cm³/mol. The highest BCUT2D eigenvalue weighted by atomic mass is 32.2. The fourth-order valence-electron chi connectivity index (χ4n) is 4.15. The Morgan fingerprint density at radius 2 is 1.90 bits per heavy atom. The minimum atomic E-state index is 0.856. The molecule has 0 atom stereocenters. The first-order chi connectivity index (χ1) is 14.2. The Kier molecular flexibility index (Phi) is 7.06. The molecular weight excluding hydrogens is 378 g/mol. The summed E-state index contributed by atoms with van der Waals surface area (Å²) in [5, 5.41) is 3.65. The molecule has 2 aliphatic heterocycles.